The summed E-state index contributed by atoms with van der Waals surface area (Å²) < 4.78 is 0.636. The number of rotatable bonds is 6. The number of nitrogens with zero attached hydrogens (tertiary/aromatic N) is 3. The van der Waals surface area contributed by atoms with Crippen LogP contribution in [0.1, 0.15) is 28.3 Å². The van der Waals surface area contributed by atoms with Gasteiger partial charge in [0.15, 0.2) is 4.34 Å². The van der Waals surface area contributed by atoms with E-state index in [4.69, 9.17) is 11.6 Å². The molecule has 180 valence electrons. The van der Waals surface area contributed by atoms with Crippen molar-refractivity contribution in [3.63, 3.8) is 0 Å². The van der Waals surface area contributed by atoms with E-state index < -0.39 is 17.7 Å². The Morgan fingerprint density at radius 3 is 2.42 bits per heavy atom. The average Bonchev–Trinajstić information content (AvgIpc) is 3.46. The van der Waals surface area contributed by atoms with Gasteiger partial charge in [0.2, 0.25) is 5.13 Å². The fraction of sp³-hybridized carbons (Fsp3) is 0.111. The Hall–Kier alpha value is -3.46. The molecule has 1 N–H and O–H groups in total. The van der Waals surface area contributed by atoms with Crippen molar-refractivity contribution in [2.45, 2.75) is 23.1 Å². The number of hydrogen-bond donors (Lipinski definition) is 1. The number of aryl methyl sites for hydroxylation is 1. The van der Waals surface area contributed by atoms with Crippen LogP contribution in [0.3, 0.4) is 0 Å². The molecule has 0 spiro atoms. The quantitative estimate of drug-likeness (QED) is 0.101. The van der Waals surface area contributed by atoms with Crippen LogP contribution < -0.4 is 4.90 Å². The lowest BCUT2D eigenvalue weighted by molar-refractivity contribution is -0.132. The van der Waals surface area contributed by atoms with E-state index in [2.05, 4.69) is 10.2 Å². The van der Waals surface area contributed by atoms with Gasteiger partial charge in [-0.1, -0.05) is 113 Å². The number of thioether (sulfide) groups is 1. The lowest BCUT2D eigenvalue weighted by Gasteiger charge is -2.22. The number of anilines is 1. The summed E-state index contributed by atoms with van der Waals surface area (Å²) in [7, 11) is 0. The molecule has 0 aliphatic carbocycles. The SMILES string of the molecule is Cc1ccc(/C(O)=C2/C(=O)C(=O)N(c3nnc(SCc4ccccc4Cl)s3)C2c2ccccc2)cc1. The molecule has 2 heterocycles. The average molecular weight is 534 g/mol. The van der Waals surface area contributed by atoms with Crippen LogP contribution in [0.15, 0.2) is 88.8 Å². The maximum absolute atomic E-state index is 13.3. The molecular formula is C27H20ClN3O3S2. The second-order valence-electron chi connectivity index (χ2n) is 8.18. The lowest BCUT2D eigenvalue weighted by atomic mass is 9.95. The van der Waals surface area contributed by atoms with Gasteiger partial charge in [-0.2, -0.15) is 0 Å². The zero-order valence-corrected chi connectivity index (χ0v) is 21.5. The third-order valence-corrected chi connectivity index (χ3v) is 8.27. The third kappa shape index (κ3) is 4.67. The van der Waals surface area contributed by atoms with Gasteiger partial charge in [0.1, 0.15) is 5.76 Å². The molecular weight excluding hydrogens is 514 g/mol. The second-order valence-corrected chi connectivity index (χ2v) is 10.8. The number of Topliss-reactive ketones (excluding diaryl/α,β-unsaturated/α-hetero) is 1. The number of aromatic nitrogens is 2. The fourth-order valence-electron chi connectivity index (χ4n) is 3.96. The van der Waals surface area contributed by atoms with Crippen LogP contribution in [0.4, 0.5) is 5.13 Å². The van der Waals surface area contributed by atoms with E-state index in [1.807, 2.05) is 73.7 Å². The highest BCUT2D eigenvalue weighted by Gasteiger charge is 2.48. The van der Waals surface area contributed by atoms with Gasteiger partial charge in [0, 0.05) is 16.3 Å². The Morgan fingerprint density at radius 1 is 1.00 bits per heavy atom. The Kier molecular flexibility index (Phi) is 6.91. The lowest BCUT2D eigenvalue weighted by Crippen LogP contribution is -2.29. The molecule has 1 aliphatic rings. The van der Waals surface area contributed by atoms with Crippen LogP contribution in [0.5, 0.6) is 0 Å². The molecule has 36 heavy (non-hydrogen) atoms. The van der Waals surface area contributed by atoms with Crippen molar-refractivity contribution >= 4 is 57.3 Å². The minimum Gasteiger partial charge on any atom is -0.507 e. The van der Waals surface area contributed by atoms with Crippen LogP contribution in [-0.2, 0) is 15.3 Å². The zero-order valence-electron chi connectivity index (χ0n) is 19.1. The van der Waals surface area contributed by atoms with Gasteiger partial charge in [-0.05, 0) is 24.1 Å². The summed E-state index contributed by atoms with van der Waals surface area (Å²) >= 11 is 8.93. The predicted molar refractivity (Wildman–Crippen MR) is 143 cm³/mol. The van der Waals surface area contributed by atoms with Crippen molar-refractivity contribution < 1.29 is 14.7 Å². The Labute approximate surface area is 221 Å². The van der Waals surface area contributed by atoms with Crippen LogP contribution in [0, 0.1) is 6.92 Å². The van der Waals surface area contributed by atoms with Gasteiger partial charge < -0.3 is 5.11 Å². The Balaban J connectivity index is 1.53. The highest BCUT2D eigenvalue weighted by Crippen LogP contribution is 2.44. The molecule has 1 saturated heterocycles. The molecule has 1 atom stereocenters. The number of carbonyl (C=O) groups excluding carboxylic acids is 2. The van der Waals surface area contributed by atoms with E-state index in [0.717, 1.165) is 11.1 Å². The monoisotopic (exact) mass is 533 g/mol. The summed E-state index contributed by atoms with van der Waals surface area (Å²) in [4.78, 5) is 27.8. The molecule has 6 nitrogen and oxygen atoms in total. The first-order valence-corrected chi connectivity index (χ1v) is 13.2. The number of aliphatic hydroxyl groups excluding tert-OH is 1. The summed E-state index contributed by atoms with van der Waals surface area (Å²) in [5, 5.41) is 20.6. The van der Waals surface area contributed by atoms with Crippen LogP contribution >= 0.6 is 34.7 Å². The van der Waals surface area contributed by atoms with Crippen LogP contribution in [0.2, 0.25) is 5.02 Å². The number of aliphatic hydroxyl groups is 1. The molecule has 1 amide bonds. The second kappa shape index (κ2) is 10.3. The molecule has 0 radical (unpaired) electrons. The molecule has 3 aromatic carbocycles. The van der Waals surface area contributed by atoms with Gasteiger partial charge in [-0.15, -0.1) is 10.2 Å². The summed E-state index contributed by atoms with van der Waals surface area (Å²) in [5.41, 5.74) is 3.15. The molecule has 0 bridgehead atoms. The number of ketones is 1. The van der Waals surface area contributed by atoms with Crippen molar-refractivity contribution in [2.24, 2.45) is 0 Å². The predicted octanol–water partition coefficient (Wildman–Crippen LogP) is 6.42. The van der Waals surface area contributed by atoms with Crippen LogP contribution in [-0.4, -0.2) is 27.0 Å². The van der Waals surface area contributed by atoms with Crippen LogP contribution in [0.25, 0.3) is 5.76 Å². The van der Waals surface area contributed by atoms with Gasteiger partial charge in [-0.25, -0.2) is 0 Å². The van der Waals surface area contributed by atoms with Crippen molar-refractivity contribution in [2.75, 3.05) is 4.90 Å². The molecule has 5 rings (SSSR count). The smallest absolute Gasteiger partial charge is 0.301 e. The molecule has 9 heteroatoms. The number of halogens is 1. The molecule has 1 fully saturated rings. The summed E-state index contributed by atoms with van der Waals surface area (Å²) in [6, 6.07) is 23.0. The number of amides is 1. The van der Waals surface area contributed by atoms with Crippen molar-refractivity contribution in [1.29, 1.82) is 0 Å². The number of hydrogen-bond acceptors (Lipinski definition) is 7. The van der Waals surface area contributed by atoms with Gasteiger partial charge >= 0.3 is 5.91 Å². The van der Waals surface area contributed by atoms with E-state index in [0.29, 0.717) is 26.2 Å². The fourth-order valence-corrected chi connectivity index (χ4v) is 6.11. The Morgan fingerprint density at radius 2 is 1.69 bits per heavy atom. The molecule has 0 saturated carbocycles. The zero-order chi connectivity index (χ0) is 25.2. The van der Waals surface area contributed by atoms with E-state index in [1.54, 1.807) is 12.1 Å². The van der Waals surface area contributed by atoms with E-state index in [9.17, 15) is 14.7 Å². The molecule has 1 aromatic heterocycles. The topological polar surface area (TPSA) is 83.4 Å². The van der Waals surface area contributed by atoms with Crippen molar-refractivity contribution in [1.82, 2.24) is 10.2 Å². The Bertz CT molecular complexity index is 1470. The molecule has 4 aromatic rings. The normalized spacial score (nSPS) is 17.1. The summed E-state index contributed by atoms with van der Waals surface area (Å²) in [6.45, 7) is 1.93. The highest BCUT2D eigenvalue weighted by atomic mass is 35.5. The maximum atomic E-state index is 13.3. The third-order valence-electron chi connectivity index (χ3n) is 5.80. The number of benzene rings is 3. The first kappa shape index (κ1) is 24.2. The van der Waals surface area contributed by atoms with Gasteiger partial charge in [0.25, 0.3) is 5.78 Å². The molecule has 1 unspecified atom stereocenters. The summed E-state index contributed by atoms with van der Waals surface area (Å²) in [6.07, 6.45) is 0. The standard InChI is InChI=1S/C27H20ClN3O3S2/c1-16-11-13-18(14-12-16)23(32)21-22(17-7-3-2-4-8-17)31(25(34)24(21)33)26-29-30-27(36-26)35-15-19-9-5-6-10-20(19)28/h2-14,22,32H,15H2,1H3/b23-21-. The van der Waals surface area contributed by atoms with Crippen molar-refractivity contribution in [3.05, 3.63) is 112 Å². The minimum atomic E-state index is -0.832. The minimum absolute atomic E-state index is 0.0236. The summed E-state index contributed by atoms with van der Waals surface area (Å²) in [5.74, 6) is -1.15. The van der Waals surface area contributed by atoms with E-state index in [-0.39, 0.29) is 16.5 Å². The van der Waals surface area contributed by atoms with E-state index >= 15 is 0 Å². The van der Waals surface area contributed by atoms with Gasteiger partial charge in [-0.3, -0.25) is 14.5 Å². The largest absolute Gasteiger partial charge is 0.507 e. The first-order chi connectivity index (χ1) is 17.4. The van der Waals surface area contributed by atoms with Gasteiger partial charge in [0.05, 0.1) is 11.6 Å². The number of carbonyl (C=O) groups is 2. The first-order valence-electron chi connectivity index (χ1n) is 11.1. The maximum Gasteiger partial charge on any atom is 0.301 e. The van der Waals surface area contributed by atoms with E-state index in [1.165, 1.54) is 28.0 Å². The highest BCUT2D eigenvalue weighted by molar-refractivity contribution is 8.00. The van der Waals surface area contributed by atoms with Crippen molar-refractivity contribution in [3.8, 4) is 0 Å². The molecule has 1 aliphatic heterocycles.